The molecule has 1 aromatic heterocycles. The van der Waals surface area contributed by atoms with Gasteiger partial charge in [-0.15, -0.1) is 0 Å². The largest absolute Gasteiger partial charge is 0.477 e. The van der Waals surface area contributed by atoms with Gasteiger partial charge in [0.25, 0.3) is 0 Å². The van der Waals surface area contributed by atoms with Gasteiger partial charge in [-0.1, -0.05) is 60.7 Å². The Morgan fingerprint density at radius 2 is 1.55 bits per heavy atom. The van der Waals surface area contributed by atoms with E-state index in [0.29, 0.717) is 13.0 Å². The van der Waals surface area contributed by atoms with Gasteiger partial charge >= 0.3 is 5.97 Å². The lowest BCUT2D eigenvalue weighted by Crippen LogP contribution is -2.12. The Morgan fingerprint density at radius 3 is 2.14 bits per heavy atom. The van der Waals surface area contributed by atoms with Crippen LogP contribution in [0, 0.1) is 0 Å². The molecule has 22 heavy (non-hydrogen) atoms. The maximum atomic E-state index is 11.4. The van der Waals surface area contributed by atoms with E-state index in [1.807, 2.05) is 60.7 Å². The first-order valence-corrected chi connectivity index (χ1v) is 7.09. The van der Waals surface area contributed by atoms with Crippen molar-refractivity contribution in [3.05, 3.63) is 89.5 Å². The van der Waals surface area contributed by atoms with Crippen molar-refractivity contribution in [3.63, 3.8) is 0 Å². The van der Waals surface area contributed by atoms with Crippen LogP contribution in [0.4, 0.5) is 0 Å². The zero-order chi connectivity index (χ0) is 15.4. The van der Waals surface area contributed by atoms with Crippen molar-refractivity contribution in [1.29, 1.82) is 0 Å². The first-order valence-electron chi connectivity index (χ1n) is 7.09. The van der Waals surface area contributed by atoms with E-state index in [2.05, 4.69) is 4.98 Å². The van der Waals surface area contributed by atoms with Crippen molar-refractivity contribution in [2.75, 3.05) is 0 Å². The van der Waals surface area contributed by atoms with Gasteiger partial charge in [-0.25, -0.2) is 9.78 Å². The first kappa shape index (κ1) is 14.1. The molecule has 3 aromatic rings. The summed E-state index contributed by atoms with van der Waals surface area (Å²) in [6.45, 7) is 0.505. The number of rotatable bonds is 5. The van der Waals surface area contributed by atoms with E-state index < -0.39 is 5.97 Å². The second kappa shape index (κ2) is 6.26. The lowest BCUT2D eigenvalue weighted by Gasteiger charge is -2.10. The molecule has 110 valence electrons. The average Bonchev–Trinajstić information content (AvgIpc) is 2.92. The van der Waals surface area contributed by atoms with E-state index in [1.165, 1.54) is 6.20 Å². The molecule has 0 radical (unpaired) electrons. The number of carboxylic acids is 1. The fourth-order valence-corrected chi connectivity index (χ4v) is 2.45. The molecule has 4 heteroatoms. The number of carbonyl (C=O) groups is 1. The van der Waals surface area contributed by atoms with Gasteiger partial charge in [-0.2, -0.15) is 0 Å². The fraction of sp³-hybridized carbons (Fsp3) is 0.111. The fourth-order valence-electron chi connectivity index (χ4n) is 2.45. The van der Waals surface area contributed by atoms with Gasteiger partial charge < -0.3 is 9.67 Å². The summed E-state index contributed by atoms with van der Waals surface area (Å²) in [6.07, 6.45) is 2.05. The standard InChI is InChI=1S/C18H16N2O2/c21-18(22)16-12-19-17(11-14-7-3-1-4-8-14)20(16)13-15-9-5-2-6-10-15/h1-10,12H,11,13H2,(H,21,22). The monoisotopic (exact) mass is 292 g/mol. The van der Waals surface area contributed by atoms with Crippen LogP contribution >= 0.6 is 0 Å². The smallest absolute Gasteiger partial charge is 0.354 e. The topological polar surface area (TPSA) is 55.1 Å². The van der Waals surface area contributed by atoms with Crippen LogP contribution in [0.25, 0.3) is 0 Å². The van der Waals surface area contributed by atoms with E-state index in [9.17, 15) is 9.90 Å². The SMILES string of the molecule is O=C(O)c1cnc(Cc2ccccc2)n1Cc1ccccc1. The molecule has 0 spiro atoms. The van der Waals surface area contributed by atoms with Crippen LogP contribution in [0.15, 0.2) is 66.9 Å². The predicted molar refractivity (Wildman–Crippen MR) is 84.0 cm³/mol. The van der Waals surface area contributed by atoms with E-state index in [-0.39, 0.29) is 5.69 Å². The zero-order valence-corrected chi connectivity index (χ0v) is 12.0. The van der Waals surface area contributed by atoms with Crippen molar-refractivity contribution in [2.45, 2.75) is 13.0 Å². The van der Waals surface area contributed by atoms with Crippen LogP contribution in [0.3, 0.4) is 0 Å². The van der Waals surface area contributed by atoms with Gasteiger partial charge in [0, 0.05) is 13.0 Å². The summed E-state index contributed by atoms with van der Waals surface area (Å²) in [6, 6.07) is 19.7. The van der Waals surface area contributed by atoms with Crippen LogP contribution < -0.4 is 0 Å². The normalized spacial score (nSPS) is 10.5. The number of aromatic carboxylic acids is 1. The maximum absolute atomic E-state index is 11.4. The predicted octanol–water partition coefficient (Wildman–Crippen LogP) is 3.22. The molecule has 0 amide bonds. The third-order valence-corrected chi connectivity index (χ3v) is 3.55. The van der Waals surface area contributed by atoms with Gasteiger partial charge in [0.2, 0.25) is 0 Å². The van der Waals surface area contributed by atoms with Crippen molar-refractivity contribution < 1.29 is 9.90 Å². The minimum absolute atomic E-state index is 0.217. The Hall–Kier alpha value is -2.88. The average molecular weight is 292 g/mol. The number of nitrogens with zero attached hydrogens (tertiary/aromatic N) is 2. The third-order valence-electron chi connectivity index (χ3n) is 3.55. The summed E-state index contributed by atoms with van der Waals surface area (Å²) in [5.41, 5.74) is 2.38. The molecule has 1 heterocycles. The second-order valence-corrected chi connectivity index (χ2v) is 5.10. The first-order chi connectivity index (χ1) is 10.7. The van der Waals surface area contributed by atoms with E-state index in [1.54, 1.807) is 4.57 Å². The molecular weight excluding hydrogens is 276 g/mol. The van der Waals surface area contributed by atoms with E-state index >= 15 is 0 Å². The molecule has 0 saturated carbocycles. The minimum atomic E-state index is -0.956. The highest BCUT2D eigenvalue weighted by Crippen LogP contribution is 2.14. The lowest BCUT2D eigenvalue weighted by atomic mass is 10.1. The zero-order valence-electron chi connectivity index (χ0n) is 12.0. The molecule has 0 saturated heterocycles. The summed E-state index contributed by atoms with van der Waals surface area (Å²) in [5, 5.41) is 9.36. The Balaban J connectivity index is 1.95. The second-order valence-electron chi connectivity index (χ2n) is 5.10. The molecule has 0 bridgehead atoms. The van der Waals surface area contributed by atoms with Crippen LogP contribution in [0.5, 0.6) is 0 Å². The van der Waals surface area contributed by atoms with Crippen LogP contribution in [0.2, 0.25) is 0 Å². The van der Waals surface area contributed by atoms with Gasteiger partial charge in [-0.3, -0.25) is 0 Å². The highest BCUT2D eigenvalue weighted by atomic mass is 16.4. The van der Waals surface area contributed by atoms with Gasteiger partial charge in [0.15, 0.2) is 0 Å². The van der Waals surface area contributed by atoms with E-state index in [4.69, 9.17) is 0 Å². The Bertz CT molecular complexity index is 764. The highest BCUT2D eigenvalue weighted by molar-refractivity contribution is 5.85. The molecule has 0 atom stereocenters. The molecule has 0 aliphatic heterocycles. The lowest BCUT2D eigenvalue weighted by molar-refractivity contribution is 0.0685. The van der Waals surface area contributed by atoms with Crippen LogP contribution in [0.1, 0.15) is 27.4 Å². The molecule has 4 nitrogen and oxygen atoms in total. The highest BCUT2D eigenvalue weighted by Gasteiger charge is 2.16. The van der Waals surface area contributed by atoms with Crippen molar-refractivity contribution in [3.8, 4) is 0 Å². The Kier molecular flexibility index (Phi) is 4.01. The summed E-state index contributed by atoms with van der Waals surface area (Å²) in [4.78, 5) is 15.7. The molecule has 0 aliphatic carbocycles. The number of hydrogen-bond donors (Lipinski definition) is 1. The van der Waals surface area contributed by atoms with Crippen LogP contribution in [-0.2, 0) is 13.0 Å². The maximum Gasteiger partial charge on any atom is 0.354 e. The van der Waals surface area contributed by atoms with Gasteiger partial charge in [-0.05, 0) is 11.1 Å². The number of imidazole rings is 1. The van der Waals surface area contributed by atoms with Crippen molar-refractivity contribution in [2.24, 2.45) is 0 Å². The number of aromatic nitrogens is 2. The minimum Gasteiger partial charge on any atom is -0.477 e. The van der Waals surface area contributed by atoms with Crippen LogP contribution in [-0.4, -0.2) is 20.6 Å². The summed E-state index contributed by atoms with van der Waals surface area (Å²) < 4.78 is 1.77. The molecule has 1 N–H and O–H groups in total. The summed E-state index contributed by atoms with van der Waals surface area (Å²) in [5.74, 6) is -0.199. The molecule has 2 aromatic carbocycles. The summed E-state index contributed by atoms with van der Waals surface area (Å²) in [7, 11) is 0. The molecule has 0 aliphatic rings. The molecular formula is C18H16N2O2. The van der Waals surface area contributed by atoms with Crippen molar-refractivity contribution in [1.82, 2.24) is 9.55 Å². The molecule has 3 rings (SSSR count). The summed E-state index contributed by atoms with van der Waals surface area (Å²) >= 11 is 0. The number of carboxylic acid groups (broad SMARTS) is 1. The Morgan fingerprint density at radius 1 is 0.955 bits per heavy atom. The number of hydrogen-bond acceptors (Lipinski definition) is 2. The molecule has 0 unspecified atom stereocenters. The van der Waals surface area contributed by atoms with Gasteiger partial charge in [0.1, 0.15) is 11.5 Å². The quantitative estimate of drug-likeness (QED) is 0.785. The number of benzene rings is 2. The molecule has 0 fully saturated rings. The van der Waals surface area contributed by atoms with Gasteiger partial charge in [0.05, 0.1) is 6.20 Å². The van der Waals surface area contributed by atoms with Crippen molar-refractivity contribution >= 4 is 5.97 Å². The Labute approximate surface area is 128 Å². The third kappa shape index (κ3) is 3.06. The van der Waals surface area contributed by atoms with E-state index in [0.717, 1.165) is 17.0 Å².